The van der Waals surface area contributed by atoms with E-state index in [1.165, 1.54) is 12.1 Å². The standard InChI is InChI=1S/C13H15FN2O2S/c14-10-6-8(13(15)19)3-4-11(10)16-12(17)7-9-2-1-5-18-9/h3-4,6,9H,1-2,5,7H2,(H2,15,19)(H,16,17). The van der Waals surface area contributed by atoms with Gasteiger partial charge in [-0.1, -0.05) is 12.2 Å². The third-order valence-corrected chi connectivity index (χ3v) is 3.20. The van der Waals surface area contributed by atoms with Crippen LogP contribution in [0.4, 0.5) is 10.1 Å². The number of rotatable bonds is 4. The van der Waals surface area contributed by atoms with Crippen molar-refractivity contribution in [3.63, 3.8) is 0 Å². The molecule has 1 amide bonds. The summed E-state index contributed by atoms with van der Waals surface area (Å²) in [5, 5.41) is 2.53. The molecule has 0 bridgehead atoms. The van der Waals surface area contributed by atoms with Crippen LogP contribution in [0.3, 0.4) is 0 Å². The Morgan fingerprint density at radius 3 is 2.95 bits per heavy atom. The third-order valence-electron chi connectivity index (χ3n) is 2.96. The first-order valence-corrected chi connectivity index (χ1v) is 6.48. The number of hydrogen-bond acceptors (Lipinski definition) is 3. The number of benzene rings is 1. The minimum atomic E-state index is -0.550. The van der Waals surface area contributed by atoms with Gasteiger partial charge in [-0.15, -0.1) is 0 Å². The molecule has 2 rings (SSSR count). The molecule has 0 radical (unpaired) electrons. The van der Waals surface area contributed by atoms with Gasteiger partial charge in [0.1, 0.15) is 10.8 Å². The highest BCUT2D eigenvalue weighted by molar-refractivity contribution is 7.80. The molecule has 1 aromatic rings. The van der Waals surface area contributed by atoms with Crippen LogP contribution in [-0.4, -0.2) is 23.6 Å². The Kier molecular flexibility index (Phi) is 4.44. The number of nitrogens with two attached hydrogens (primary N) is 1. The molecule has 1 saturated heterocycles. The number of ether oxygens (including phenoxy) is 1. The van der Waals surface area contributed by atoms with Gasteiger partial charge in [0, 0.05) is 12.2 Å². The van der Waals surface area contributed by atoms with Crippen molar-refractivity contribution >= 4 is 28.8 Å². The van der Waals surface area contributed by atoms with Gasteiger partial charge in [0.2, 0.25) is 5.91 Å². The summed E-state index contributed by atoms with van der Waals surface area (Å²) >= 11 is 4.76. The van der Waals surface area contributed by atoms with E-state index in [0.717, 1.165) is 12.8 Å². The van der Waals surface area contributed by atoms with Gasteiger partial charge in [-0.3, -0.25) is 4.79 Å². The van der Waals surface area contributed by atoms with E-state index in [4.69, 9.17) is 22.7 Å². The number of hydrogen-bond donors (Lipinski definition) is 2. The lowest BCUT2D eigenvalue weighted by atomic mass is 10.1. The van der Waals surface area contributed by atoms with Crippen molar-refractivity contribution in [3.05, 3.63) is 29.6 Å². The number of anilines is 1. The van der Waals surface area contributed by atoms with Crippen LogP contribution in [-0.2, 0) is 9.53 Å². The maximum atomic E-state index is 13.7. The minimum absolute atomic E-state index is 0.0565. The van der Waals surface area contributed by atoms with Crippen LogP contribution in [0.2, 0.25) is 0 Å². The highest BCUT2D eigenvalue weighted by Gasteiger charge is 2.19. The Morgan fingerprint density at radius 2 is 2.37 bits per heavy atom. The first-order chi connectivity index (χ1) is 9.06. The highest BCUT2D eigenvalue weighted by Crippen LogP contribution is 2.19. The van der Waals surface area contributed by atoms with E-state index in [2.05, 4.69) is 5.32 Å². The van der Waals surface area contributed by atoms with Gasteiger partial charge >= 0.3 is 0 Å². The summed E-state index contributed by atoms with van der Waals surface area (Å²) in [6, 6.07) is 4.24. The molecule has 0 aliphatic carbocycles. The lowest BCUT2D eigenvalue weighted by Crippen LogP contribution is -2.20. The van der Waals surface area contributed by atoms with Crippen molar-refractivity contribution in [2.45, 2.75) is 25.4 Å². The van der Waals surface area contributed by atoms with Crippen molar-refractivity contribution < 1.29 is 13.9 Å². The van der Waals surface area contributed by atoms with Gasteiger partial charge in [0.15, 0.2) is 0 Å². The van der Waals surface area contributed by atoms with Crippen LogP contribution in [0.1, 0.15) is 24.8 Å². The number of amides is 1. The number of carbonyl (C=O) groups excluding carboxylic acids is 1. The summed E-state index contributed by atoms with van der Waals surface area (Å²) in [6.07, 6.45) is 2.03. The zero-order valence-electron chi connectivity index (χ0n) is 10.3. The number of halogens is 1. The molecule has 1 atom stereocenters. The molecule has 0 saturated carbocycles. The van der Waals surface area contributed by atoms with E-state index in [-0.39, 0.29) is 29.1 Å². The van der Waals surface area contributed by atoms with Crippen LogP contribution < -0.4 is 11.1 Å². The molecule has 1 heterocycles. The number of thiocarbonyl (C=S) groups is 1. The monoisotopic (exact) mass is 282 g/mol. The minimum Gasteiger partial charge on any atom is -0.389 e. The smallest absolute Gasteiger partial charge is 0.227 e. The van der Waals surface area contributed by atoms with E-state index >= 15 is 0 Å². The lowest BCUT2D eigenvalue weighted by Gasteiger charge is -2.11. The fourth-order valence-corrected chi connectivity index (χ4v) is 2.11. The number of carbonyl (C=O) groups is 1. The normalized spacial score (nSPS) is 18.3. The van der Waals surface area contributed by atoms with Gasteiger partial charge < -0.3 is 15.8 Å². The summed E-state index contributed by atoms with van der Waals surface area (Å²) in [4.78, 5) is 11.9. The van der Waals surface area contributed by atoms with E-state index < -0.39 is 5.82 Å². The SMILES string of the molecule is NC(=S)c1ccc(NC(=O)CC2CCCO2)c(F)c1. The molecule has 6 heteroatoms. The molecule has 4 nitrogen and oxygen atoms in total. The van der Waals surface area contributed by atoms with E-state index in [1.807, 2.05) is 0 Å². The van der Waals surface area contributed by atoms with Gasteiger partial charge in [0.05, 0.1) is 18.2 Å². The molecule has 1 fully saturated rings. The molecule has 1 aliphatic heterocycles. The van der Waals surface area contributed by atoms with E-state index in [1.54, 1.807) is 6.07 Å². The first kappa shape index (κ1) is 13.9. The summed E-state index contributed by atoms with van der Waals surface area (Å²) in [5.41, 5.74) is 5.97. The molecular weight excluding hydrogens is 267 g/mol. The van der Waals surface area contributed by atoms with E-state index in [0.29, 0.717) is 12.2 Å². The molecule has 19 heavy (non-hydrogen) atoms. The second-order valence-electron chi connectivity index (χ2n) is 4.45. The van der Waals surface area contributed by atoms with Crippen LogP contribution in [0.15, 0.2) is 18.2 Å². The van der Waals surface area contributed by atoms with Crippen molar-refractivity contribution in [3.8, 4) is 0 Å². The Bertz CT molecular complexity index is 501. The lowest BCUT2D eigenvalue weighted by molar-refractivity contribution is -0.118. The first-order valence-electron chi connectivity index (χ1n) is 6.07. The Labute approximate surface area is 116 Å². The second-order valence-corrected chi connectivity index (χ2v) is 4.89. The van der Waals surface area contributed by atoms with Crippen molar-refractivity contribution in [2.75, 3.05) is 11.9 Å². The maximum Gasteiger partial charge on any atom is 0.227 e. The van der Waals surface area contributed by atoms with Crippen LogP contribution in [0.5, 0.6) is 0 Å². The maximum absolute atomic E-state index is 13.7. The van der Waals surface area contributed by atoms with Crippen LogP contribution >= 0.6 is 12.2 Å². The average molecular weight is 282 g/mol. The third kappa shape index (κ3) is 3.71. The molecule has 102 valence electrons. The van der Waals surface area contributed by atoms with Crippen molar-refractivity contribution in [1.82, 2.24) is 0 Å². The Morgan fingerprint density at radius 1 is 1.58 bits per heavy atom. The summed E-state index contributed by atoms with van der Waals surface area (Å²) in [7, 11) is 0. The molecule has 1 aliphatic rings. The zero-order chi connectivity index (χ0) is 13.8. The quantitative estimate of drug-likeness (QED) is 0.829. The van der Waals surface area contributed by atoms with Crippen molar-refractivity contribution in [1.29, 1.82) is 0 Å². The molecule has 1 unspecified atom stereocenters. The topological polar surface area (TPSA) is 64.3 Å². The molecule has 0 aromatic heterocycles. The molecule has 1 aromatic carbocycles. The highest BCUT2D eigenvalue weighted by atomic mass is 32.1. The zero-order valence-corrected chi connectivity index (χ0v) is 11.1. The Balaban J connectivity index is 1.98. The van der Waals surface area contributed by atoms with Crippen LogP contribution in [0.25, 0.3) is 0 Å². The fourth-order valence-electron chi connectivity index (χ4n) is 1.98. The summed E-state index contributed by atoms with van der Waals surface area (Å²) < 4.78 is 19.1. The van der Waals surface area contributed by atoms with Gasteiger partial charge in [0.25, 0.3) is 0 Å². The summed E-state index contributed by atoms with van der Waals surface area (Å²) in [6.45, 7) is 0.689. The van der Waals surface area contributed by atoms with Crippen molar-refractivity contribution in [2.24, 2.45) is 5.73 Å². The van der Waals surface area contributed by atoms with E-state index in [9.17, 15) is 9.18 Å². The predicted octanol–water partition coefficient (Wildman–Crippen LogP) is 1.97. The average Bonchev–Trinajstić information content (AvgIpc) is 2.84. The fraction of sp³-hybridized carbons (Fsp3) is 0.385. The predicted molar refractivity (Wildman–Crippen MR) is 74.5 cm³/mol. The summed E-state index contributed by atoms with van der Waals surface area (Å²) in [5.74, 6) is -0.806. The molecule has 3 N–H and O–H groups in total. The van der Waals surface area contributed by atoms with Gasteiger partial charge in [-0.25, -0.2) is 4.39 Å². The van der Waals surface area contributed by atoms with Gasteiger partial charge in [-0.05, 0) is 31.0 Å². The Hall–Kier alpha value is -1.53. The number of nitrogens with one attached hydrogen (secondary N) is 1. The van der Waals surface area contributed by atoms with Gasteiger partial charge in [-0.2, -0.15) is 0 Å². The molecule has 0 spiro atoms. The second kappa shape index (κ2) is 6.08. The largest absolute Gasteiger partial charge is 0.389 e. The van der Waals surface area contributed by atoms with Crippen LogP contribution in [0, 0.1) is 5.82 Å². The molecular formula is C13H15FN2O2S.